The van der Waals surface area contributed by atoms with Crippen LogP contribution in [0.5, 0.6) is 11.5 Å². The Hall–Kier alpha value is -2.79. The van der Waals surface area contributed by atoms with E-state index in [-0.39, 0.29) is 5.91 Å². The summed E-state index contributed by atoms with van der Waals surface area (Å²) in [7, 11) is 1.68. The molecular weight excluding hydrogens is 352 g/mol. The molecule has 0 N–H and O–H groups in total. The Kier molecular flexibility index (Phi) is 5.63. The van der Waals surface area contributed by atoms with Crippen LogP contribution in [0.3, 0.4) is 0 Å². The molecule has 0 aromatic heterocycles. The highest BCUT2D eigenvalue weighted by atomic mass is 16.5. The maximum atomic E-state index is 13.0. The summed E-state index contributed by atoms with van der Waals surface area (Å²) in [4.78, 5) is 17.4. The van der Waals surface area contributed by atoms with E-state index in [2.05, 4.69) is 17.0 Å². The normalized spacial score (nSPS) is 17.2. The third-order valence-corrected chi connectivity index (χ3v) is 5.35. The highest BCUT2D eigenvalue weighted by molar-refractivity contribution is 5.99. The van der Waals surface area contributed by atoms with Crippen molar-refractivity contribution >= 4 is 12.0 Å². The van der Waals surface area contributed by atoms with E-state index in [0.29, 0.717) is 6.61 Å². The van der Waals surface area contributed by atoms with Crippen LogP contribution in [0, 0.1) is 0 Å². The van der Waals surface area contributed by atoms with Gasteiger partial charge in [-0.25, -0.2) is 0 Å². The smallest absolute Gasteiger partial charge is 0.253 e. The molecule has 2 aliphatic heterocycles. The standard InChI is InChI=1S/C23H26N2O3/c1-27-21-9-7-18(8-10-21)16-24-11-4-12-25(14-13-24)23(26)20-15-19-5-2-3-6-22(19)28-17-20/h2-3,5-10,15H,4,11-14,16-17H2,1H3. The van der Waals surface area contributed by atoms with Crippen molar-refractivity contribution in [3.63, 3.8) is 0 Å². The molecule has 4 rings (SSSR count). The average molecular weight is 378 g/mol. The number of para-hydroxylation sites is 1. The van der Waals surface area contributed by atoms with E-state index < -0.39 is 0 Å². The summed E-state index contributed by atoms with van der Waals surface area (Å²) in [5.41, 5.74) is 2.98. The molecule has 1 amide bonds. The van der Waals surface area contributed by atoms with Crippen molar-refractivity contribution in [1.29, 1.82) is 0 Å². The topological polar surface area (TPSA) is 42.0 Å². The van der Waals surface area contributed by atoms with Crippen molar-refractivity contribution in [1.82, 2.24) is 9.80 Å². The van der Waals surface area contributed by atoms with Crippen molar-refractivity contribution in [2.75, 3.05) is 39.9 Å². The maximum Gasteiger partial charge on any atom is 0.253 e. The molecule has 2 aromatic carbocycles. The SMILES string of the molecule is COc1ccc(CN2CCCN(C(=O)C3=Cc4ccccc4OC3)CC2)cc1. The number of benzene rings is 2. The predicted octanol–water partition coefficient (Wildman–Crippen LogP) is 3.21. The molecule has 5 nitrogen and oxygen atoms in total. The van der Waals surface area contributed by atoms with Gasteiger partial charge in [-0.2, -0.15) is 0 Å². The molecule has 0 saturated carbocycles. The number of carbonyl (C=O) groups excluding carboxylic acids is 1. The van der Waals surface area contributed by atoms with Gasteiger partial charge in [0.1, 0.15) is 18.1 Å². The Morgan fingerprint density at radius 3 is 2.68 bits per heavy atom. The number of nitrogens with zero attached hydrogens (tertiary/aromatic N) is 2. The first-order chi connectivity index (χ1) is 13.7. The molecule has 0 bridgehead atoms. The number of hydrogen-bond acceptors (Lipinski definition) is 4. The van der Waals surface area contributed by atoms with Crippen LogP contribution < -0.4 is 9.47 Å². The molecule has 0 radical (unpaired) electrons. The molecule has 2 aliphatic rings. The second kappa shape index (κ2) is 8.48. The minimum absolute atomic E-state index is 0.0980. The van der Waals surface area contributed by atoms with Crippen LogP contribution in [0.4, 0.5) is 0 Å². The maximum absolute atomic E-state index is 13.0. The van der Waals surface area contributed by atoms with Crippen molar-refractivity contribution in [2.45, 2.75) is 13.0 Å². The van der Waals surface area contributed by atoms with Gasteiger partial charge < -0.3 is 14.4 Å². The van der Waals surface area contributed by atoms with E-state index in [1.807, 2.05) is 47.4 Å². The third-order valence-electron chi connectivity index (χ3n) is 5.35. The molecule has 0 unspecified atom stereocenters. The van der Waals surface area contributed by atoms with Gasteiger partial charge in [-0.05, 0) is 36.3 Å². The predicted molar refractivity (Wildman–Crippen MR) is 109 cm³/mol. The fourth-order valence-corrected chi connectivity index (χ4v) is 3.76. The van der Waals surface area contributed by atoms with Gasteiger partial charge in [-0.1, -0.05) is 30.3 Å². The lowest BCUT2D eigenvalue weighted by molar-refractivity contribution is -0.127. The first-order valence-corrected chi connectivity index (χ1v) is 9.80. The van der Waals surface area contributed by atoms with Crippen molar-refractivity contribution in [3.8, 4) is 11.5 Å². The minimum atomic E-state index is 0.0980. The molecule has 5 heteroatoms. The Bertz CT molecular complexity index is 860. The van der Waals surface area contributed by atoms with Crippen molar-refractivity contribution < 1.29 is 14.3 Å². The van der Waals surface area contributed by atoms with Crippen molar-refractivity contribution in [3.05, 3.63) is 65.2 Å². The molecule has 2 heterocycles. The van der Waals surface area contributed by atoms with Gasteiger partial charge >= 0.3 is 0 Å². The summed E-state index contributed by atoms with van der Waals surface area (Å²) in [5, 5.41) is 0. The van der Waals surface area contributed by atoms with Gasteiger partial charge in [0.15, 0.2) is 0 Å². The van der Waals surface area contributed by atoms with Crippen LogP contribution in [0.2, 0.25) is 0 Å². The van der Waals surface area contributed by atoms with Crippen molar-refractivity contribution in [2.24, 2.45) is 0 Å². The summed E-state index contributed by atoms with van der Waals surface area (Å²) >= 11 is 0. The number of hydrogen-bond donors (Lipinski definition) is 0. The molecule has 0 spiro atoms. The molecule has 28 heavy (non-hydrogen) atoms. The largest absolute Gasteiger partial charge is 0.497 e. The highest BCUT2D eigenvalue weighted by Crippen LogP contribution is 2.26. The Morgan fingerprint density at radius 2 is 1.86 bits per heavy atom. The van der Waals surface area contributed by atoms with Crippen LogP contribution in [0.15, 0.2) is 54.1 Å². The van der Waals surface area contributed by atoms with Gasteiger partial charge in [0.25, 0.3) is 5.91 Å². The number of amides is 1. The minimum Gasteiger partial charge on any atom is -0.497 e. The summed E-state index contributed by atoms with van der Waals surface area (Å²) in [6.07, 6.45) is 2.95. The first kappa shape index (κ1) is 18.6. The number of methoxy groups -OCH3 is 1. The van der Waals surface area contributed by atoms with Gasteiger partial charge in [0.2, 0.25) is 0 Å². The van der Waals surface area contributed by atoms with Crippen LogP contribution in [-0.4, -0.2) is 55.6 Å². The summed E-state index contributed by atoms with van der Waals surface area (Å²) in [6, 6.07) is 16.0. The quantitative estimate of drug-likeness (QED) is 0.819. The van der Waals surface area contributed by atoms with E-state index in [0.717, 1.165) is 61.8 Å². The van der Waals surface area contributed by atoms with Gasteiger partial charge in [-0.15, -0.1) is 0 Å². The number of ether oxygens (including phenoxy) is 2. The molecule has 1 fully saturated rings. The van der Waals surface area contributed by atoms with E-state index >= 15 is 0 Å². The zero-order valence-electron chi connectivity index (χ0n) is 16.3. The molecule has 2 aromatic rings. The second-order valence-corrected chi connectivity index (χ2v) is 7.27. The second-order valence-electron chi connectivity index (χ2n) is 7.27. The zero-order chi connectivity index (χ0) is 19.3. The van der Waals surface area contributed by atoms with Crippen LogP contribution in [-0.2, 0) is 11.3 Å². The fourth-order valence-electron chi connectivity index (χ4n) is 3.76. The number of rotatable bonds is 4. The lowest BCUT2D eigenvalue weighted by Crippen LogP contribution is -2.37. The molecule has 146 valence electrons. The highest BCUT2D eigenvalue weighted by Gasteiger charge is 2.24. The Morgan fingerprint density at radius 1 is 1.04 bits per heavy atom. The van der Waals surface area contributed by atoms with Gasteiger partial charge in [-0.3, -0.25) is 9.69 Å². The number of fused-ring (bicyclic) bond motifs is 1. The van der Waals surface area contributed by atoms with E-state index in [4.69, 9.17) is 9.47 Å². The molecule has 0 atom stereocenters. The van der Waals surface area contributed by atoms with Gasteiger partial charge in [0, 0.05) is 38.3 Å². The van der Waals surface area contributed by atoms with E-state index in [1.54, 1.807) is 7.11 Å². The molecule has 1 saturated heterocycles. The zero-order valence-corrected chi connectivity index (χ0v) is 16.3. The summed E-state index contributed by atoms with van der Waals surface area (Å²) in [6.45, 7) is 4.65. The fraction of sp³-hybridized carbons (Fsp3) is 0.348. The average Bonchev–Trinajstić information content (AvgIpc) is 2.99. The molecule has 0 aliphatic carbocycles. The number of carbonyl (C=O) groups is 1. The Labute approximate surface area is 166 Å². The van der Waals surface area contributed by atoms with Crippen LogP contribution in [0.1, 0.15) is 17.5 Å². The monoisotopic (exact) mass is 378 g/mol. The Balaban J connectivity index is 1.37. The lowest BCUT2D eigenvalue weighted by atomic mass is 10.1. The van der Waals surface area contributed by atoms with Gasteiger partial charge in [0.05, 0.1) is 12.7 Å². The van der Waals surface area contributed by atoms with E-state index in [9.17, 15) is 4.79 Å². The third kappa shape index (κ3) is 4.20. The summed E-state index contributed by atoms with van der Waals surface area (Å²) in [5.74, 6) is 1.82. The van der Waals surface area contributed by atoms with Crippen LogP contribution in [0.25, 0.3) is 6.08 Å². The summed E-state index contributed by atoms with van der Waals surface area (Å²) < 4.78 is 11.0. The lowest BCUT2D eigenvalue weighted by Gasteiger charge is -2.25. The van der Waals surface area contributed by atoms with E-state index in [1.165, 1.54) is 5.56 Å². The first-order valence-electron chi connectivity index (χ1n) is 9.80. The van der Waals surface area contributed by atoms with Crippen LogP contribution >= 0.6 is 0 Å². The molecular formula is C23H26N2O3.